The first-order valence-electron chi connectivity index (χ1n) is 11.0. The van der Waals surface area contributed by atoms with Gasteiger partial charge in [-0.2, -0.15) is 0 Å². The average Bonchev–Trinajstić information content (AvgIpc) is 2.90. The van der Waals surface area contributed by atoms with Crippen LogP contribution in [-0.2, 0) is 38.0 Å². The van der Waals surface area contributed by atoms with Crippen molar-refractivity contribution >= 4 is 17.9 Å². The van der Waals surface area contributed by atoms with Crippen LogP contribution in [0.3, 0.4) is 0 Å². The van der Waals surface area contributed by atoms with Gasteiger partial charge in [-0.3, -0.25) is 0 Å². The lowest BCUT2D eigenvalue weighted by Gasteiger charge is -2.49. The molecule has 0 spiro atoms. The Labute approximate surface area is 202 Å². The summed E-state index contributed by atoms with van der Waals surface area (Å²) in [6.45, 7) is 1.30. The summed E-state index contributed by atoms with van der Waals surface area (Å²) in [5.74, 6) is -3.93. The molecule has 0 saturated carbocycles. The predicted molar refractivity (Wildman–Crippen MR) is 118 cm³/mol. The molecule has 4 rings (SSSR count). The zero-order valence-electron chi connectivity index (χ0n) is 19.4. The first-order valence-corrected chi connectivity index (χ1v) is 11.0. The second-order valence-corrected chi connectivity index (χ2v) is 8.08. The molecule has 2 aromatic rings. The standard InChI is InChI=1S/C25H26O10/c1-25(24(28)30-3)31-14-17-18(35-25)19(33-21(26)15-10-6-4-7-11-15)20(23(29-2)32-17)34-22(27)16-12-8-5-9-13-16/h4-13,17-20,23H,14H2,1-3H3/t17-,18+,19+,20-,23+,25?/m1/s1. The second-order valence-electron chi connectivity index (χ2n) is 8.08. The van der Waals surface area contributed by atoms with E-state index in [-0.39, 0.29) is 17.7 Å². The number of fused-ring (bicyclic) bond motifs is 1. The molecule has 2 aliphatic heterocycles. The minimum atomic E-state index is -1.79. The number of carbonyl (C=O) groups is 3. The largest absolute Gasteiger partial charge is 0.465 e. The third kappa shape index (κ3) is 5.20. The van der Waals surface area contributed by atoms with Crippen molar-refractivity contribution in [3.8, 4) is 0 Å². The normalized spacial score (nSPS) is 30.0. The van der Waals surface area contributed by atoms with Crippen molar-refractivity contribution in [1.29, 1.82) is 0 Å². The van der Waals surface area contributed by atoms with Gasteiger partial charge < -0.3 is 33.2 Å². The predicted octanol–water partition coefficient (Wildman–Crippen LogP) is 2.11. The number of esters is 3. The van der Waals surface area contributed by atoms with Crippen LogP contribution < -0.4 is 0 Å². The van der Waals surface area contributed by atoms with Crippen molar-refractivity contribution in [1.82, 2.24) is 0 Å². The van der Waals surface area contributed by atoms with Crippen LogP contribution in [0.25, 0.3) is 0 Å². The molecule has 0 radical (unpaired) electrons. The van der Waals surface area contributed by atoms with Crippen molar-refractivity contribution in [2.75, 3.05) is 20.8 Å². The first-order chi connectivity index (χ1) is 16.9. The van der Waals surface area contributed by atoms with Crippen LogP contribution in [0, 0.1) is 0 Å². The Balaban J connectivity index is 1.67. The van der Waals surface area contributed by atoms with Crippen LogP contribution in [0.2, 0.25) is 0 Å². The maximum absolute atomic E-state index is 13.0. The SMILES string of the molecule is COC(=O)C1(C)OC[C@H]2O[C@H](OC)[C@H](OC(=O)c3ccccc3)[C@@H](OC(=O)c3ccccc3)[C@H]2O1. The van der Waals surface area contributed by atoms with Gasteiger partial charge in [0.05, 0.1) is 24.8 Å². The summed E-state index contributed by atoms with van der Waals surface area (Å²) in [4.78, 5) is 38.3. The topological polar surface area (TPSA) is 116 Å². The van der Waals surface area contributed by atoms with E-state index in [4.69, 9.17) is 33.2 Å². The van der Waals surface area contributed by atoms with Gasteiger partial charge in [0, 0.05) is 14.0 Å². The molecule has 0 bridgehead atoms. The summed E-state index contributed by atoms with van der Waals surface area (Å²) in [5.41, 5.74) is 0.561. The second kappa shape index (κ2) is 10.5. The molecule has 35 heavy (non-hydrogen) atoms. The van der Waals surface area contributed by atoms with Gasteiger partial charge in [-0.15, -0.1) is 0 Å². The molecule has 186 valence electrons. The molecule has 2 heterocycles. The molecular formula is C25H26O10. The van der Waals surface area contributed by atoms with Crippen molar-refractivity contribution in [3.05, 3.63) is 71.8 Å². The van der Waals surface area contributed by atoms with E-state index >= 15 is 0 Å². The summed E-state index contributed by atoms with van der Waals surface area (Å²) in [6, 6.07) is 16.6. The highest BCUT2D eigenvalue weighted by atomic mass is 16.8. The summed E-state index contributed by atoms with van der Waals surface area (Å²) in [5, 5.41) is 0. The van der Waals surface area contributed by atoms with Crippen molar-refractivity contribution < 1.29 is 47.5 Å². The lowest BCUT2D eigenvalue weighted by molar-refractivity contribution is -0.375. The van der Waals surface area contributed by atoms with Gasteiger partial charge in [0.2, 0.25) is 0 Å². The number of carbonyl (C=O) groups excluding carboxylic acids is 3. The quantitative estimate of drug-likeness (QED) is 0.444. The lowest BCUT2D eigenvalue weighted by atomic mass is 9.96. The molecule has 2 fully saturated rings. The third-order valence-corrected chi connectivity index (χ3v) is 5.77. The number of rotatable bonds is 6. The van der Waals surface area contributed by atoms with E-state index in [9.17, 15) is 14.4 Å². The summed E-state index contributed by atoms with van der Waals surface area (Å²) < 4.78 is 39.2. The van der Waals surface area contributed by atoms with Crippen LogP contribution in [0.4, 0.5) is 0 Å². The summed E-state index contributed by atoms with van der Waals surface area (Å²) in [6.07, 6.45) is -5.36. The minimum Gasteiger partial charge on any atom is -0.465 e. The molecule has 2 aromatic carbocycles. The number of benzene rings is 2. The fourth-order valence-corrected chi connectivity index (χ4v) is 3.96. The van der Waals surface area contributed by atoms with E-state index in [0.29, 0.717) is 0 Å². The minimum absolute atomic E-state index is 0.0884. The van der Waals surface area contributed by atoms with Gasteiger partial charge in [-0.1, -0.05) is 36.4 Å². The van der Waals surface area contributed by atoms with E-state index < -0.39 is 54.4 Å². The Kier molecular flexibility index (Phi) is 7.46. The fraction of sp³-hybridized carbons (Fsp3) is 0.400. The van der Waals surface area contributed by atoms with Gasteiger partial charge in [-0.05, 0) is 24.3 Å². The van der Waals surface area contributed by atoms with Gasteiger partial charge in [0.25, 0.3) is 5.79 Å². The number of methoxy groups -OCH3 is 2. The zero-order valence-corrected chi connectivity index (χ0v) is 19.4. The first kappa shape index (κ1) is 24.8. The van der Waals surface area contributed by atoms with Crippen molar-refractivity contribution in [3.63, 3.8) is 0 Å². The highest BCUT2D eigenvalue weighted by Crippen LogP contribution is 2.36. The van der Waals surface area contributed by atoms with Crippen LogP contribution in [0.15, 0.2) is 60.7 Å². The van der Waals surface area contributed by atoms with Crippen LogP contribution >= 0.6 is 0 Å². The molecule has 0 aromatic heterocycles. The molecule has 1 unspecified atom stereocenters. The Hall–Kier alpha value is -3.31. The molecule has 2 saturated heterocycles. The van der Waals surface area contributed by atoms with E-state index in [0.717, 1.165) is 0 Å². The Morgan fingerprint density at radius 2 is 1.40 bits per heavy atom. The van der Waals surface area contributed by atoms with Gasteiger partial charge in [0.1, 0.15) is 12.2 Å². The highest BCUT2D eigenvalue weighted by molar-refractivity contribution is 5.90. The molecule has 6 atom stereocenters. The van der Waals surface area contributed by atoms with Crippen molar-refractivity contribution in [2.45, 2.75) is 43.4 Å². The lowest BCUT2D eigenvalue weighted by Crippen LogP contribution is -2.68. The van der Waals surface area contributed by atoms with Gasteiger partial charge >= 0.3 is 17.9 Å². The summed E-state index contributed by atoms with van der Waals surface area (Å²) in [7, 11) is 2.57. The average molecular weight is 486 g/mol. The van der Waals surface area contributed by atoms with Crippen LogP contribution in [-0.4, -0.2) is 75.2 Å². The molecule has 0 N–H and O–H groups in total. The molecular weight excluding hydrogens is 460 g/mol. The molecule has 0 amide bonds. The van der Waals surface area contributed by atoms with Crippen LogP contribution in [0.5, 0.6) is 0 Å². The van der Waals surface area contributed by atoms with E-state index in [1.54, 1.807) is 60.7 Å². The molecule has 2 aliphatic rings. The van der Waals surface area contributed by atoms with E-state index in [1.807, 2.05) is 0 Å². The monoisotopic (exact) mass is 486 g/mol. The van der Waals surface area contributed by atoms with Gasteiger partial charge in [-0.25, -0.2) is 14.4 Å². The summed E-state index contributed by atoms with van der Waals surface area (Å²) >= 11 is 0. The smallest absolute Gasteiger partial charge is 0.366 e. The molecule has 10 nitrogen and oxygen atoms in total. The maximum Gasteiger partial charge on any atom is 0.366 e. The third-order valence-electron chi connectivity index (χ3n) is 5.77. The van der Waals surface area contributed by atoms with E-state index in [2.05, 4.69) is 0 Å². The Morgan fingerprint density at radius 3 is 1.91 bits per heavy atom. The number of hydrogen-bond acceptors (Lipinski definition) is 10. The van der Waals surface area contributed by atoms with Crippen LogP contribution in [0.1, 0.15) is 27.6 Å². The van der Waals surface area contributed by atoms with Crippen molar-refractivity contribution in [2.24, 2.45) is 0 Å². The zero-order chi connectivity index (χ0) is 25.0. The Morgan fingerprint density at radius 1 is 0.857 bits per heavy atom. The fourth-order valence-electron chi connectivity index (χ4n) is 3.96. The Bertz CT molecular complexity index is 1040. The maximum atomic E-state index is 13.0. The number of hydrogen-bond donors (Lipinski definition) is 0. The molecule has 10 heteroatoms. The number of ether oxygens (including phenoxy) is 7. The highest BCUT2D eigenvalue weighted by Gasteiger charge is 2.58. The molecule has 0 aliphatic carbocycles. The van der Waals surface area contributed by atoms with Gasteiger partial charge in [0.15, 0.2) is 18.5 Å². The van der Waals surface area contributed by atoms with E-state index in [1.165, 1.54) is 21.1 Å².